The number of ether oxygens (including phenoxy) is 1. The first-order valence-corrected chi connectivity index (χ1v) is 8.93. The highest BCUT2D eigenvalue weighted by Gasteiger charge is 2.35. The number of rotatable bonds is 6. The number of anilines is 1. The molecular weight excluding hydrogens is 368 g/mol. The van der Waals surface area contributed by atoms with Crippen molar-refractivity contribution >= 4 is 35.1 Å². The average Bonchev–Trinajstić information content (AvgIpc) is 3.03. The first kappa shape index (κ1) is 18.9. The van der Waals surface area contributed by atoms with Crippen molar-refractivity contribution in [2.45, 2.75) is 13.0 Å². The summed E-state index contributed by atoms with van der Waals surface area (Å²) in [5.74, 6) is -1.69. The van der Waals surface area contributed by atoms with Gasteiger partial charge in [-0.05, 0) is 23.8 Å². The van der Waals surface area contributed by atoms with E-state index >= 15 is 0 Å². The second-order valence-electron chi connectivity index (χ2n) is 6.29. The van der Waals surface area contributed by atoms with Gasteiger partial charge in [-0.15, -0.1) is 0 Å². The van der Waals surface area contributed by atoms with Gasteiger partial charge in [0.1, 0.15) is 0 Å². The Morgan fingerprint density at radius 2 is 1.81 bits per heavy atom. The number of carbonyl (C=O) groups excluding carboxylic acids is 3. The minimum Gasteiger partial charge on any atom is -0.455 e. The Hall–Kier alpha value is -2.86. The first-order chi connectivity index (χ1) is 13.0. The van der Waals surface area contributed by atoms with Gasteiger partial charge < -0.3 is 15.0 Å². The lowest BCUT2D eigenvalue weighted by Crippen LogP contribution is -2.28. The van der Waals surface area contributed by atoms with Gasteiger partial charge in [0.15, 0.2) is 6.61 Å². The van der Waals surface area contributed by atoms with Crippen LogP contribution in [0.2, 0.25) is 5.02 Å². The van der Waals surface area contributed by atoms with Gasteiger partial charge in [0.05, 0.1) is 5.92 Å². The molecule has 0 saturated carbocycles. The highest BCUT2D eigenvalue weighted by Crippen LogP contribution is 2.24. The van der Waals surface area contributed by atoms with Gasteiger partial charge in [-0.25, -0.2) is 0 Å². The third-order valence-corrected chi connectivity index (χ3v) is 4.64. The van der Waals surface area contributed by atoms with Crippen LogP contribution in [0, 0.1) is 5.92 Å². The van der Waals surface area contributed by atoms with Crippen LogP contribution in [0.3, 0.4) is 0 Å². The molecule has 1 N–H and O–H groups in total. The molecule has 140 valence electrons. The van der Waals surface area contributed by atoms with E-state index in [9.17, 15) is 14.4 Å². The van der Waals surface area contributed by atoms with E-state index in [1.54, 1.807) is 35.2 Å². The monoisotopic (exact) mass is 386 g/mol. The van der Waals surface area contributed by atoms with Crippen molar-refractivity contribution in [3.8, 4) is 0 Å². The highest BCUT2D eigenvalue weighted by atomic mass is 35.5. The maximum atomic E-state index is 12.2. The zero-order valence-corrected chi connectivity index (χ0v) is 15.3. The number of hydrogen-bond donors (Lipinski definition) is 1. The SMILES string of the molecule is O=C(COC(=O)[C@H]1CC(=O)N(Cc2ccccc2Cl)C1)Nc1ccccc1. The summed E-state index contributed by atoms with van der Waals surface area (Å²) < 4.78 is 5.07. The average molecular weight is 387 g/mol. The molecule has 3 rings (SSSR count). The van der Waals surface area contributed by atoms with Crippen LogP contribution in [-0.2, 0) is 25.7 Å². The molecule has 2 aromatic carbocycles. The summed E-state index contributed by atoms with van der Waals surface area (Å²) in [5.41, 5.74) is 1.45. The van der Waals surface area contributed by atoms with Crippen molar-refractivity contribution in [3.63, 3.8) is 0 Å². The fourth-order valence-electron chi connectivity index (χ4n) is 2.89. The molecule has 2 amide bonds. The zero-order chi connectivity index (χ0) is 19.2. The van der Waals surface area contributed by atoms with Crippen LogP contribution in [0.15, 0.2) is 54.6 Å². The van der Waals surface area contributed by atoms with Crippen molar-refractivity contribution in [1.82, 2.24) is 4.90 Å². The molecule has 1 heterocycles. The lowest BCUT2D eigenvalue weighted by molar-refractivity contribution is -0.151. The van der Waals surface area contributed by atoms with Crippen LogP contribution in [-0.4, -0.2) is 35.8 Å². The number of benzene rings is 2. The van der Waals surface area contributed by atoms with Gasteiger partial charge in [-0.3, -0.25) is 14.4 Å². The smallest absolute Gasteiger partial charge is 0.311 e. The largest absolute Gasteiger partial charge is 0.455 e. The number of halogens is 1. The molecule has 6 nitrogen and oxygen atoms in total. The van der Waals surface area contributed by atoms with Crippen molar-refractivity contribution in [3.05, 3.63) is 65.2 Å². The number of nitrogens with one attached hydrogen (secondary N) is 1. The number of carbonyl (C=O) groups is 3. The summed E-state index contributed by atoms with van der Waals surface area (Å²) in [6, 6.07) is 16.2. The van der Waals surface area contributed by atoms with E-state index in [4.69, 9.17) is 16.3 Å². The number of nitrogens with zero attached hydrogens (tertiary/aromatic N) is 1. The molecule has 0 aliphatic carbocycles. The molecule has 1 atom stereocenters. The quantitative estimate of drug-likeness (QED) is 0.774. The summed E-state index contributed by atoms with van der Waals surface area (Å²) in [4.78, 5) is 37.8. The van der Waals surface area contributed by atoms with E-state index in [0.717, 1.165) is 5.56 Å². The molecule has 0 radical (unpaired) electrons. The van der Waals surface area contributed by atoms with Crippen molar-refractivity contribution < 1.29 is 19.1 Å². The highest BCUT2D eigenvalue weighted by molar-refractivity contribution is 6.31. The molecule has 7 heteroatoms. The van der Waals surface area contributed by atoms with E-state index in [0.29, 0.717) is 17.3 Å². The summed E-state index contributed by atoms with van der Waals surface area (Å²) in [5, 5.41) is 3.21. The molecule has 0 aromatic heterocycles. The van der Waals surface area contributed by atoms with Gasteiger partial charge in [0.25, 0.3) is 5.91 Å². The van der Waals surface area contributed by atoms with E-state index in [2.05, 4.69) is 5.32 Å². The molecule has 2 aromatic rings. The molecule has 0 unspecified atom stereocenters. The standard InChI is InChI=1S/C20H19ClN2O4/c21-17-9-5-4-6-14(17)11-23-12-15(10-19(23)25)20(26)27-13-18(24)22-16-7-2-1-3-8-16/h1-9,15H,10-13H2,(H,22,24)/t15-/m0/s1. The number of likely N-dealkylation sites (tertiary alicyclic amines) is 1. The molecule has 0 bridgehead atoms. The van der Waals surface area contributed by atoms with Gasteiger partial charge >= 0.3 is 5.97 Å². The molecular formula is C20H19ClN2O4. The van der Waals surface area contributed by atoms with E-state index < -0.39 is 17.8 Å². The van der Waals surface area contributed by atoms with Crippen LogP contribution in [0.5, 0.6) is 0 Å². The van der Waals surface area contributed by atoms with E-state index in [1.165, 1.54) is 0 Å². The molecule has 1 fully saturated rings. The van der Waals surface area contributed by atoms with Gasteiger partial charge in [-0.1, -0.05) is 48.0 Å². The molecule has 1 aliphatic heterocycles. The van der Waals surface area contributed by atoms with Crippen LogP contribution in [0.25, 0.3) is 0 Å². The lowest BCUT2D eigenvalue weighted by atomic mass is 10.1. The second kappa shape index (κ2) is 8.68. The minimum absolute atomic E-state index is 0.0730. The van der Waals surface area contributed by atoms with Crippen molar-refractivity contribution in [1.29, 1.82) is 0 Å². The van der Waals surface area contributed by atoms with Gasteiger partial charge in [0, 0.05) is 30.2 Å². The number of esters is 1. The van der Waals surface area contributed by atoms with E-state index in [1.807, 2.05) is 24.3 Å². The summed E-state index contributed by atoms with van der Waals surface area (Å²) in [6.07, 6.45) is 0.0730. The number of amides is 2. The molecule has 1 aliphatic rings. The lowest BCUT2D eigenvalue weighted by Gasteiger charge is -2.17. The topological polar surface area (TPSA) is 75.7 Å². The molecule has 0 spiro atoms. The first-order valence-electron chi connectivity index (χ1n) is 8.55. The van der Waals surface area contributed by atoms with Crippen LogP contribution in [0.1, 0.15) is 12.0 Å². The third-order valence-electron chi connectivity index (χ3n) is 4.27. The number of hydrogen-bond acceptors (Lipinski definition) is 4. The predicted octanol–water partition coefficient (Wildman–Crippen LogP) is 2.87. The summed E-state index contributed by atoms with van der Waals surface area (Å²) in [7, 11) is 0. The Kier molecular flexibility index (Phi) is 6.08. The summed E-state index contributed by atoms with van der Waals surface area (Å²) >= 11 is 6.13. The Bertz CT molecular complexity index is 841. The fraction of sp³-hybridized carbons (Fsp3) is 0.250. The maximum absolute atomic E-state index is 12.2. The zero-order valence-electron chi connectivity index (χ0n) is 14.6. The number of para-hydroxylation sites is 1. The molecule has 27 heavy (non-hydrogen) atoms. The van der Waals surface area contributed by atoms with Crippen molar-refractivity contribution in [2.24, 2.45) is 5.92 Å². The minimum atomic E-state index is -0.579. The third kappa shape index (κ3) is 5.08. The maximum Gasteiger partial charge on any atom is 0.311 e. The van der Waals surface area contributed by atoms with E-state index in [-0.39, 0.29) is 25.5 Å². The second-order valence-corrected chi connectivity index (χ2v) is 6.70. The van der Waals surface area contributed by atoms with Gasteiger partial charge in [-0.2, -0.15) is 0 Å². The van der Waals surface area contributed by atoms with Crippen molar-refractivity contribution in [2.75, 3.05) is 18.5 Å². The Balaban J connectivity index is 1.49. The van der Waals surface area contributed by atoms with Crippen LogP contribution < -0.4 is 5.32 Å². The van der Waals surface area contributed by atoms with Crippen LogP contribution >= 0.6 is 11.6 Å². The predicted molar refractivity (Wildman–Crippen MR) is 101 cm³/mol. The Labute approximate surface area is 162 Å². The Morgan fingerprint density at radius 3 is 2.56 bits per heavy atom. The Morgan fingerprint density at radius 1 is 1.11 bits per heavy atom. The van der Waals surface area contributed by atoms with Gasteiger partial charge in [0.2, 0.25) is 5.91 Å². The fourth-order valence-corrected chi connectivity index (χ4v) is 3.08. The van der Waals surface area contributed by atoms with Crippen LogP contribution in [0.4, 0.5) is 5.69 Å². The summed E-state index contributed by atoms with van der Waals surface area (Å²) in [6.45, 7) is 0.211. The normalized spacial score (nSPS) is 16.3. The molecule has 1 saturated heterocycles.